The Kier molecular flexibility index (Phi) is 4.69. The molecule has 0 aromatic heterocycles. The molecule has 20 heavy (non-hydrogen) atoms. The van der Waals surface area contributed by atoms with Crippen molar-refractivity contribution in [2.24, 2.45) is 0 Å². The number of aromatic hydroxyl groups is 1. The molecule has 0 heterocycles. The lowest BCUT2D eigenvalue weighted by Gasteiger charge is -2.18. The van der Waals surface area contributed by atoms with E-state index >= 15 is 0 Å². The van der Waals surface area contributed by atoms with Gasteiger partial charge in [-0.2, -0.15) is 0 Å². The first-order valence-electron chi connectivity index (χ1n) is 6.09. The Labute approximate surface area is 130 Å². The van der Waals surface area contributed by atoms with Crippen LogP contribution in [-0.4, -0.2) is 12.2 Å². The molecule has 1 atom stereocenters. The van der Waals surface area contributed by atoms with Gasteiger partial charge in [0.05, 0.1) is 13.2 Å². The molecule has 5 heteroatoms. The van der Waals surface area contributed by atoms with Gasteiger partial charge in [0.25, 0.3) is 0 Å². The maximum atomic E-state index is 13.1. The normalized spacial score (nSPS) is 12.0. The highest BCUT2D eigenvalue weighted by atomic mass is 127. The standard InChI is InChI=1S/C15H15FINO2/c1-9(12-8-11(20-2)4-6-15(12)19)18-14-5-3-10(16)7-13(14)17/h3-9,18-19H,1-2H3. The maximum Gasteiger partial charge on any atom is 0.124 e. The van der Waals surface area contributed by atoms with Crippen LogP contribution >= 0.6 is 22.6 Å². The summed E-state index contributed by atoms with van der Waals surface area (Å²) in [5.74, 6) is 0.611. The molecular formula is C15H15FINO2. The zero-order valence-corrected chi connectivity index (χ0v) is 13.3. The number of hydrogen-bond acceptors (Lipinski definition) is 3. The van der Waals surface area contributed by atoms with Crippen molar-refractivity contribution in [2.75, 3.05) is 12.4 Å². The average molecular weight is 387 g/mol. The number of methoxy groups -OCH3 is 1. The summed E-state index contributed by atoms with van der Waals surface area (Å²) >= 11 is 2.07. The number of benzene rings is 2. The van der Waals surface area contributed by atoms with E-state index in [0.29, 0.717) is 5.75 Å². The third kappa shape index (κ3) is 3.33. The smallest absolute Gasteiger partial charge is 0.124 e. The molecule has 0 aliphatic carbocycles. The van der Waals surface area contributed by atoms with E-state index in [2.05, 4.69) is 27.9 Å². The quantitative estimate of drug-likeness (QED) is 0.768. The Morgan fingerprint density at radius 3 is 2.65 bits per heavy atom. The van der Waals surface area contributed by atoms with Crippen LogP contribution in [-0.2, 0) is 0 Å². The van der Waals surface area contributed by atoms with Crippen molar-refractivity contribution < 1.29 is 14.2 Å². The van der Waals surface area contributed by atoms with Crippen LogP contribution in [0.15, 0.2) is 36.4 Å². The Balaban J connectivity index is 2.25. The van der Waals surface area contributed by atoms with Gasteiger partial charge < -0.3 is 15.2 Å². The Morgan fingerprint density at radius 1 is 1.25 bits per heavy atom. The van der Waals surface area contributed by atoms with Gasteiger partial charge in [-0.05, 0) is 65.9 Å². The van der Waals surface area contributed by atoms with Crippen molar-refractivity contribution in [1.29, 1.82) is 0 Å². The monoisotopic (exact) mass is 387 g/mol. The number of halogens is 2. The van der Waals surface area contributed by atoms with Crippen molar-refractivity contribution in [3.63, 3.8) is 0 Å². The maximum absolute atomic E-state index is 13.1. The van der Waals surface area contributed by atoms with E-state index in [1.54, 1.807) is 31.4 Å². The second kappa shape index (κ2) is 6.30. The molecule has 2 rings (SSSR count). The van der Waals surface area contributed by atoms with E-state index < -0.39 is 0 Å². The summed E-state index contributed by atoms with van der Waals surface area (Å²) in [6, 6.07) is 9.50. The fourth-order valence-corrected chi connectivity index (χ4v) is 2.56. The predicted octanol–water partition coefficient (Wildman–Crippen LogP) is 4.32. The summed E-state index contributed by atoms with van der Waals surface area (Å²) in [7, 11) is 1.58. The lowest BCUT2D eigenvalue weighted by Crippen LogP contribution is -2.08. The van der Waals surface area contributed by atoms with Crippen LogP contribution in [0.5, 0.6) is 11.5 Å². The van der Waals surface area contributed by atoms with Gasteiger partial charge in [-0.3, -0.25) is 0 Å². The topological polar surface area (TPSA) is 41.5 Å². The predicted molar refractivity (Wildman–Crippen MR) is 85.8 cm³/mol. The van der Waals surface area contributed by atoms with Gasteiger partial charge in [0.15, 0.2) is 0 Å². The molecule has 1 unspecified atom stereocenters. The van der Waals surface area contributed by atoms with E-state index in [0.717, 1.165) is 14.8 Å². The second-order valence-corrected chi connectivity index (χ2v) is 5.58. The summed E-state index contributed by atoms with van der Waals surface area (Å²) in [5, 5.41) is 13.2. The number of rotatable bonds is 4. The third-order valence-electron chi connectivity index (χ3n) is 3.00. The van der Waals surface area contributed by atoms with E-state index in [1.165, 1.54) is 12.1 Å². The van der Waals surface area contributed by atoms with Gasteiger partial charge in [0.2, 0.25) is 0 Å². The lowest BCUT2D eigenvalue weighted by molar-refractivity contribution is 0.410. The van der Waals surface area contributed by atoms with Crippen molar-refractivity contribution in [2.45, 2.75) is 13.0 Å². The first-order valence-corrected chi connectivity index (χ1v) is 7.17. The van der Waals surface area contributed by atoms with Crippen LogP contribution in [0.1, 0.15) is 18.5 Å². The number of anilines is 1. The molecule has 2 aromatic carbocycles. The average Bonchev–Trinajstić information content (AvgIpc) is 2.42. The number of phenolic OH excluding ortho intramolecular Hbond substituents is 1. The minimum atomic E-state index is -0.267. The first-order chi connectivity index (χ1) is 9.51. The molecule has 0 saturated carbocycles. The van der Waals surface area contributed by atoms with Gasteiger partial charge in [-0.25, -0.2) is 4.39 Å². The van der Waals surface area contributed by atoms with Crippen LogP contribution in [0.3, 0.4) is 0 Å². The molecule has 0 spiro atoms. The molecular weight excluding hydrogens is 372 g/mol. The molecule has 0 aliphatic rings. The highest BCUT2D eigenvalue weighted by Crippen LogP contribution is 2.31. The van der Waals surface area contributed by atoms with E-state index in [1.807, 2.05) is 6.92 Å². The third-order valence-corrected chi connectivity index (χ3v) is 3.90. The summed E-state index contributed by atoms with van der Waals surface area (Å²) in [5.41, 5.74) is 1.55. The first kappa shape index (κ1) is 14.9. The fourth-order valence-electron chi connectivity index (χ4n) is 1.92. The number of hydrogen-bond donors (Lipinski definition) is 2. The Hall–Kier alpha value is -1.50. The molecule has 2 N–H and O–H groups in total. The van der Waals surface area contributed by atoms with Crippen molar-refractivity contribution in [3.05, 3.63) is 51.3 Å². The molecule has 0 aliphatic heterocycles. The summed E-state index contributed by atoms with van der Waals surface area (Å²) < 4.78 is 19.0. The van der Waals surface area contributed by atoms with Crippen molar-refractivity contribution in [1.82, 2.24) is 0 Å². The van der Waals surface area contributed by atoms with Gasteiger partial charge >= 0.3 is 0 Å². The van der Waals surface area contributed by atoms with Crippen molar-refractivity contribution >= 4 is 28.3 Å². The lowest BCUT2D eigenvalue weighted by atomic mass is 10.1. The van der Waals surface area contributed by atoms with Crippen LogP contribution in [0.25, 0.3) is 0 Å². The fraction of sp³-hybridized carbons (Fsp3) is 0.200. The van der Waals surface area contributed by atoms with Gasteiger partial charge in [0.1, 0.15) is 17.3 Å². The van der Waals surface area contributed by atoms with Crippen LogP contribution in [0.2, 0.25) is 0 Å². The molecule has 3 nitrogen and oxygen atoms in total. The second-order valence-electron chi connectivity index (χ2n) is 4.41. The van der Waals surface area contributed by atoms with E-state index in [-0.39, 0.29) is 17.6 Å². The molecule has 106 valence electrons. The molecule has 0 fully saturated rings. The molecule has 0 bridgehead atoms. The zero-order valence-electron chi connectivity index (χ0n) is 11.2. The largest absolute Gasteiger partial charge is 0.508 e. The van der Waals surface area contributed by atoms with Crippen LogP contribution in [0, 0.1) is 9.39 Å². The molecule has 0 amide bonds. The minimum Gasteiger partial charge on any atom is -0.508 e. The molecule has 0 radical (unpaired) electrons. The SMILES string of the molecule is COc1ccc(O)c(C(C)Nc2ccc(F)cc2I)c1. The number of ether oxygens (including phenoxy) is 1. The number of phenols is 1. The minimum absolute atomic E-state index is 0.135. The summed E-state index contributed by atoms with van der Waals surface area (Å²) in [6.45, 7) is 1.92. The van der Waals surface area contributed by atoms with E-state index in [4.69, 9.17) is 4.74 Å². The highest BCUT2D eigenvalue weighted by molar-refractivity contribution is 14.1. The Morgan fingerprint density at radius 2 is 2.00 bits per heavy atom. The van der Waals surface area contributed by atoms with Gasteiger partial charge in [-0.1, -0.05) is 0 Å². The molecule has 0 saturated heterocycles. The van der Waals surface area contributed by atoms with E-state index in [9.17, 15) is 9.50 Å². The van der Waals surface area contributed by atoms with Crippen LogP contribution in [0.4, 0.5) is 10.1 Å². The van der Waals surface area contributed by atoms with Gasteiger partial charge in [0, 0.05) is 14.8 Å². The number of nitrogens with one attached hydrogen (secondary N) is 1. The Bertz CT molecular complexity index is 619. The zero-order chi connectivity index (χ0) is 14.7. The summed E-state index contributed by atoms with van der Waals surface area (Å²) in [4.78, 5) is 0. The molecule has 2 aromatic rings. The highest BCUT2D eigenvalue weighted by Gasteiger charge is 2.13. The summed E-state index contributed by atoms with van der Waals surface area (Å²) in [6.07, 6.45) is 0. The van der Waals surface area contributed by atoms with Gasteiger partial charge in [-0.15, -0.1) is 0 Å². The van der Waals surface area contributed by atoms with Crippen LogP contribution < -0.4 is 10.1 Å². The van der Waals surface area contributed by atoms with Crippen molar-refractivity contribution in [3.8, 4) is 11.5 Å².